The first kappa shape index (κ1) is 26.7. The van der Waals surface area contributed by atoms with Crippen LogP contribution >= 0.6 is 0 Å². The number of nitrogens with one attached hydrogen (secondary N) is 1. The minimum absolute atomic E-state index is 0.314. The molecule has 226 valence electrons. The molecule has 0 aliphatic carbocycles. The van der Waals surface area contributed by atoms with Crippen LogP contribution in [0.25, 0.3) is 65.8 Å². The molecule has 10 rings (SSSR count). The van der Waals surface area contributed by atoms with Crippen LogP contribution in [0.15, 0.2) is 170 Å². The Bertz CT molecular complexity index is 2770. The van der Waals surface area contributed by atoms with Crippen molar-refractivity contribution in [3.05, 3.63) is 168 Å². The Kier molecular flexibility index (Phi) is 5.87. The maximum Gasteiger partial charge on any atom is 0.160 e. The molecule has 1 atom stereocenters. The molecule has 0 spiro atoms. The number of aliphatic imine (C=N–C) groups is 2. The predicted molar refractivity (Wildman–Crippen MR) is 196 cm³/mol. The second kappa shape index (κ2) is 10.5. The normalized spacial score (nSPS) is 14.9. The molecule has 9 aromatic rings. The van der Waals surface area contributed by atoms with Gasteiger partial charge in [0.25, 0.3) is 0 Å². The summed E-state index contributed by atoms with van der Waals surface area (Å²) < 4.78 is 12.7. The van der Waals surface area contributed by atoms with Crippen molar-refractivity contribution in [2.45, 2.75) is 6.17 Å². The van der Waals surface area contributed by atoms with Gasteiger partial charge in [-0.1, -0.05) is 109 Å². The van der Waals surface area contributed by atoms with Gasteiger partial charge in [-0.3, -0.25) is 0 Å². The van der Waals surface area contributed by atoms with Crippen LogP contribution in [0.5, 0.6) is 0 Å². The van der Waals surface area contributed by atoms with Crippen LogP contribution in [0.4, 0.5) is 0 Å². The summed E-state index contributed by atoms with van der Waals surface area (Å²) >= 11 is 0. The average Bonchev–Trinajstić information content (AvgIpc) is 3.72. The molecule has 0 radical (unpaired) electrons. The molecule has 1 N–H and O–H groups in total. The highest BCUT2D eigenvalue weighted by Crippen LogP contribution is 2.37. The molecule has 48 heavy (non-hydrogen) atoms. The van der Waals surface area contributed by atoms with Gasteiger partial charge in [0.05, 0.1) is 0 Å². The van der Waals surface area contributed by atoms with Crippen molar-refractivity contribution in [2.24, 2.45) is 9.98 Å². The van der Waals surface area contributed by atoms with E-state index in [1.165, 1.54) is 10.8 Å². The molecule has 0 bridgehead atoms. The minimum atomic E-state index is -0.314. The topological polar surface area (TPSA) is 63.0 Å². The summed E-state index contributed by atoms with van der Waals surface area (Å²) in [6.45, 7) is 0. The number of nitrogens with zero attached hydrogens (tertiary/aromatic N) is 2. The summed E-state index contributed by atoms with van der Waals surface area (Å²) in [5.41, 5.74) is 8.52. The zero-order chi connectivity index (χ0) is 31.6. The van der Waals surface area contributed by atoms with E-state index in [1.807, 2.05) is 48.5 Å². The summed E-state index contributed by atoms with van der Waals surface area (Å²) in [5, 5.41) is 10.2. The maximum atomic E-state index is 6.51. The van der Waals surface area contributed by atoms with Gasteiger partial charge in [0.15, 0.2) is 5.84 Å². The highest BCUT2D eigenvalue weighted by Gasteiger charge is 2.24. The van der Waals surface area contributed by atoms with E-state index in [-0.39, 0.29) is 6.17 Å². The van der Waals surface area contributed by atoms with Gasteiger partial charge in [0.2, 0.25) is 0 Å². The van der Waals surface area contributed by atoms with Crippen LogP contribution in [0.3, 0.4) is 0 Å². The number of benzene rings is 7. The first-order chi connectivity index (χ1) is 23.7. The molecule has 5 heteroatoms. The lowest BCUT2D eigenvalue weighted by molar-refractivity contribution is 0.668. The van der Waals surface area contributed by atoms with E-state index in [9.17, 15) is 0 Å². The fraction of sp³-hybridized carbons (Fsp3) is 0.0233. The Morgan fingerprint density at radius 2 is 1.17 bits per heavy atom. The van der Waals surface area contributed by atoms with Crippen molar-refractivity contribution < 1.29 is 8.83 Å². The molecule has 0 saturated carbocycles. The van der Waals surface area contributed by atoms with Crippen molar-refractivity contribution in [3.8, 4) is 11.1 Å². The number of hydrogen-bond acceptors (Lipinski definition) is 5. The van der Waals surface area contributed by atoms with E-state index in [0.717, 1.165) is 77.5 Å². The monoisotopic (exact) mass is 617 g/mol. The van der Waals surface area contributed by atoms with Crippen LogP contribution in [0.2, 0.25) is 0 Å². The molecule has 1 aliphatic rings. The molecule has 5 nitrogen and oxygen atoms in total. The van der Waals surface area contributed by atoms with E-state index in [1.54, 1.807) is 0 Å². The van der Waals surface area contributed by atoms with Crippen LogP contribution in [-0.2, 0) is 0 Å². The number of hydrogen-bond donors (Lipinski definition) is 1. The minimum Gasteiger partial charge on any atom is -0.456 e. The van der Waals surface area contributed by atoms with Crippen molar-refractivity contribution in [3.63, 3.8) is 0 Å². The van der Waals surface area contributed by atoms with Crippen LogP contribution < -0.4 is 5.32 Å². The quantitative estimate of drug-likeness (QED) is 0.214. The molecule has 1 aliphatic heterocycles. The first-order valence-corrected chi connectivity index (χ1v) is 16.1. The van der Waals surface area contributed by atoms with Gasteiger partial charge in [-0.05, 0) is 69.9 Å². The van der Waals surface area contributed by atoms with E-state index in [2.05, 4.69) is 108 Å². The van der Waals surface area contributed by atoms with Crippen molar-refractivity contribution in [1.82, 2.24) is 5.32 Å². The third kappa shape index (κ3) is 4.32. The molecule has 3 heterocycles. The second-order valence-electron chi connectivity index (χ2n) is 12.2. The molecule has 2 aromatic heterocycles. The number of amidine groups is 2. The molecule has 0 fully saturated rings. The predicted octanol–water partition coefficient (Wildman–Crippen LogP) is 10.8. The highest BCUT2D eigenvalue weighted by atomic mass is 16.3. The fourth-order valence-corrected chi connectivity index (χ4v) is 6.96. The summed E-state index contributed by atoms with van der Waals surface area (Å²) in [6.07, 6.45) is -0.314. The van der Waals surface area contributed by atoms with E-state index in [4.69, 9.17) is 18.8 Å². The second-order valence-corrected chi connectivity index (χ2v) is 12.2. The maximum absolute atomic E-state index is 6.51. The SMILES string of the molecule is c1ccc(C2=NC(c3cccc4oc5cc(-c6ccc7c(c6)oc6ccccc67)ccc5c34)=NC(c3ccc4ccccc4c3)N2)cc1. The Hall–Kier alpha value is -6.46. The van der Waals surface area contributed by atoms with Gasteiger partial charge >= 0.3 is 0 Å². The first-order valence-electron chi connectivity index (χ1n) is 16.1. The lowest BCUT2D eigenvalue weighted by Gasteiger charge is -2.24. The Labute approximate surface area is 275 Å². The molecular formula is C43H27N3O2. The molecule has 7 aromatic carbocycles. The third-order valence-electron chi connectivity index (χ3n) is 9.33. The molecular weight excluding hydrogens is 590 g/mol. The van der Waals surface area contributed by atoms with Gasteiger partial charge in [-0.25, -0.2) is 9.98 Å². The van der Waals surface area contributed by atoms with Crippen molar-refractivity contribution >= 4 is 66.3 Å². The van der Waals surface area contributed by atoms with Gasteiger partial charge in [-0.2, -0.15) is 0 Å². The summed E-state index contributed by atoms with van der Waals surface area (Å²) in [4.78, 5) is 10.3. The molecule has 0 saturated heterocycles. The Balaban J connectivity index is 1.10. The standard InChI is InChI=1S/C43H27N3O2/c1-2-10-27(11-3-1)41-44-42(31-18-17-26-9-4-5-12-28(26)23-31)46-43(45-41)35-14-8-16-37-40(35)34-22-20-30(25-39(34)48-37)29-19-21-33-32-13-6-7-15-36(32)47-38(33)24-29/h1-25,42H,(H,44,45,46). The Morgan fingerprint density at radius 3 is 2.04 bits per heavy atom. The van der Waals surface area contributed by atoms with Crippen molar-refractivity contribution in [1.29, 1.82) is 0 Å². The van der Waals surface area contributed by atoms with Crippen LogP contribution in [0.1, 0.15) is 22.9 Å². The molecule has 0 amide bonds. The van der Waals surface area contributed by atoms with E-state index >= 15 is 0 Å². The van der Waals surface area contributed by atoms with Gasteiger partial charge in [0.1, 0.15) is 34.3 Å². The number of para-hydroxylation sites is 1. The van der Waals surface area contributed by atoms with E-state index < -0.39 is 0 Å². The van der Waals surface area contributed by atoms with Gasteiger partial charge in [-0.15, -0.1) is 0 Å². The highest BCUT2D eigenvalue weighted by molar-refractivity contribution is 6.22. The average molecular weight is 618 g/mol. The lowest BCUT2D eigenvalue weighted by atomic mass is 10.00. The smallest absolute Gasteiger partial charge is 0.160 e. The number of fused-ring (bicyclic) bond motifs is 7. The van der Waals surface area contributed by atoms with Gasteiger partial charge in [0, 0.05) is 32.7 Å². The van der Waals surface area contributed by atoms with E-state index in [0.29, 0.717) is 5.84 Å². The third-order valence-corrected chi connectivity index (χ3v) is 9.33. The van der Waals surface area contributed by atoms with Crippen LogP contribution in [-0.4, -0.2) is 11.7 Å². The Morgan fingerprint density at radius 1 is 0.479 bits per heavy atom. The van der Waals surface area contributed by atoms with Gasteiger partial charge < -0.3 is 14.2 Å². The summed E-state index contributed by atoms with van der Waals surface area (Å²) in [5.74, 6) is 1.45. The lowest BCUT2D eigenvalue weighted by Crippen LogP contribution is -2.33. The zero-order valence-electron chi connectivity index (χ0n) is 25.7. The van der Waals surface area contributed by atoms with Crippen molar-refractivity contribution in [2.75, 3.05) is 0 Å². The number of furan rings is 2. The summed E-state index contributed by atoms with van der Waals surface area (Å²) in [6, 6.07) is 52.2. The largest absolute Gasteiger partial charge is 0.456 e. The fourth-order valence-electron chi connectivity index (χ4n) is 6.96. The summed E-state index contributed by atoms with van der Waals surface area (Å²) in [7, 11) is 0. The van der Waals surface area contributed by atoms with Crippen LogP contribution in [0, 0.1) is 0 Å². The zero-order valence-corrected chi connectivity index (χ0v) is 25.7. The molecule has 1 unspecified atom stereocenters. The number of rotatable bonds is 4.